The van der Waals surface area contributed by atoms with Crippen molar-refractivity contribution in [3.8, 4) is 0 Å². The predicted octanol–water partition coefficient (Wildman–Crippen LogP) is 3.63. The second-order valence-electron chi connectivity index (χ2n) is 9.83. The largest absolute Gasteiger partial charge is 0.444 e. The number of carbonyl (C=O) groups excluding carboxylic acids is 1. The molecule has 0 spiro atoms. The lowest BCUT2D eigenvalue weighted by molar-refractivity contribution is 0.00544. The highest BCUT2D eigenvalue weighted by molar-refractivity contribution is 5.69. The summed E-state index contributed by atoms with van der Waals surface area (Å²) in [5.41, 5.74) is -0.702. The summed E-state index contributed by atoms with van der Waals surface area (Å²) in [5.74, 6) is 0. The van der Waals surface area contributed by atoms with E-state index in [1.54, 1.807) is 0 Å². The molecule has 2 bridgehead atoms. The second kappa shape index (κ2) is 7.83. The molecule has 2 rings (SSSR count). The zero-order valence-electron chi connectivity index (χ0n) is 17.4. The molecule has 2 unspecified atom stereocenters. The quantitative estimate of drug-likeness (QED) is 0.838. The molecule has 2 fully saturated rings. The summed E-state index contributed by atoms with van der Waals surface area (Å²) in [6.07, 6.45) is 6.28. The van der Waals surface area contributed by atoms with Crippen molar-refractivity contribution in [2.75, 3.05) is 20.1 Å². The summed E-state index contributed by atoms with van der Waals surface area (Å²) in [5, 5.41) is 3.71. The van der Waals surface area contributed by atoms with Crippen LogP contribution in [0.4, 0.5) is 4.79 Å². The molecule has 2 aliphatic heterocycles. The van der Waals surface area contributed by atoms with Crippen LogP contribution in [0, 0.1) is 0 Å². The van der Waals surface area contributed by atoms with Gasteiger partial charge in [0.05, 0.1) is 0 Å². The van der Waals surface area contributed by atoms with E-state index in [9.17, 15) is 4.79 Å². The minimum Gasteiger partial charge on any atom is -0.444 e. The fourth-order valence-corrected chi connectivity index (χ4v) is 4.18. The molecule has 5 nitrogen and oxygen atoms in total. The van der Waals surface area contributed by atoms with Crippen LogP contribution >= 0.6 is 0 Å². The Morgan fingerprint density at radius 2 is 1.68 bits per heavy atom. The van der Waals surface area contributed by atoms with Gasteiger partial charge in [-0.25, -0.2) is 4.79 Å². The van der Waals surface area contributed by atoms with Crippen molar-refractivity contribution < 1.29 is 9.53 Å². The second-order valence-corrected chi connectivity index (χ2v) is 9.83. The topological polar surface area (TPSA) is 44.8 Å². The molecule has 0 aromatic carbocycles. The van der Waals surface area contributed by atoms with Crippen molar-refractivity contribution in [2.24, 2.45) is 0 Å². The number of hydrogen-bond acceptors (Lipinski definition) is 4. The van der Waals surface area contributed by atoms with Gasteiger partial charge in [0.2, 0.25) is 0 Å². The fourth-order valence-electron chi connectivity index (χ4n) is 4.18. The van der Waals surface area contributed by atoms with Gasteiger partial charge < -0.3 is 19.9 Å². The lowest BCUT2D eigenvalue weighted by Crippen LogP contribution is -2.56. The molecular formula is C20H39N3O2. The van der Waals surface area contributed by atoms with Gasteiger partial charge in [-0.1, -0.05) is 6.42 Å². The zero-order chi connectivity index (χ0) is 18.8. The molecule has 146 valence electrons. The Hall–Kier alpha value is -0.810. The summed E-state index contributed by atoms with van der Waals surface area (Å²) in [6, 6.07) is 2.04. The van der Waals surface area contributed by atoms with Gasteiger partial charge in [-0.3, -0.25) is 0 Å². The van der Waals surface area contributed by atoms with Gasteiger partial charge in [-0.2, -0.15) is 0 Å². The van der Waals surface area contributed by atoms with Crippen molar-refractivity contribution in [3.63, 3.8) is 0 Å². The fraction of sp³-hybridized carbons (Fsp3) is 0.950. The summed E-state index contributed by atoms with van der Waals surface area (Å²) < 4.78 is 5.60. The van der Waals surface area contributed by atoms with Gasteiger partial charge in [0.25, 0.3) is 0 Å². The number of nitrogens with zero attached hydrogens (tertiary/aromatic N) is 2. The molecular weight excluding hydrogens is 314 g/mol. The van der Waals surface area contributed by atoms with Crippen molar-refractivity contribution in [2.45, 2.75) is 103 Å². The average Bonchev–Trinajstić information content (AvgIpc) is 2.40. The third kappa shape index (κ3) is 5.85. The van der Waals surface area contributed by atoms with E-state index in [0.29, 0.717) is 12.6 Å². The van der Waals surface area contributed by atoms with Crippen LogP contribution in [0.15, 0.2) is 0 Å². The first-order chi connectivity index (χ1) is 11.5. The first-order valence-corrected chi connectivity index (χ1v) is 9.93. The smallest absolute Gasteiger partial charge is 0.410 e. The molecule has 0 saturated carbocycles. The molecule has 2 saturated heterocycles. The van der Waals surface area contributed by atoms with Crippen molar-refractivity contribution in [1.82, 2.24) is 15.1 Å². The Morgan fingerprint density at radius 3 is 2.16 bits per heavy atom. The monoisotopic (exact) mass is 353 g/mol. The lowest BCUT2D eigenvalue weighted by atomic mass is 9.82. The van der Waals surface area contributed by atoms with E-state index in [1.165, 1.54) is 32.1 Å². The average molecular weight is 354 g/mol. The molecule has 0 aromatic rings. The van der Waals surface area contributed by atoms with Crippen LogP contribution in [-0.4, -0.2) is 65.3 Å². The van der Waals surface area contributed by atoms with Crippen LogP contribution in [0.25, 0.3) is 0 Å². The van der Waals surface area contributed by atoms with Crippen LogP contribution in [0.2, 0.25) is 0 Å². The SMILES string of the molecule is CN1C2CCCC1CC(NCCN(C(=O)OC(C)(C)C)C(C)(C)C)C2. The van der Waals surface area contributed by atoms with E-state index < -0.39 is 5.60 Å². The van der Waals surface area contributed by atoms with Crippen molar-refractivity contribution >= 4 is 6.09 Å². The maximum absolute atomic E-state index is 12.6. The molecule has 25 heavy (non-hydrogen) atoms. The molecule has 2 heterocycles. The Balaban J connectivity index is 1.86. The number of amides is 1. The Bertz CT molecular complexity index is 439. The van der Waals surface area contributed by atoms with E-state index in [0.717, 1.165) is 18.6 Å². The van der Waals surface area contributed by atoms with E-state index >= 15 is 0 Å². The van der Waals surface area contributed by atoms with Crippen LogP contribution in [0.5, 0.6) is 0 Å². The van der Waals surface area contributed by atoms with Gasteiger partial charge in [0.15, 0.2) is 0 Å². The van der Waals surface area contributed by atoms with Crippen LogP contribution in [0.3, 0.4) is 0 Å². The van der Waals surface area contributed by atoms with E-state index in [4.69, 9.17) is 4.74 Å². The molecule has 1 N–H and O–H groups in total. The van der Waals surface area contributed by atoms with Crippen LogP contribution < -0.4 is 5.32 Å². The minimum atomic E-state index is -0.459. The number of carbonyl (C=O) groups is 1. The first-order valence-electron chi connectivity index (χ1n) is 9.93. The highest BCUT2D eigenvalue weighted by atomic mass is 16.6. The maximum atomic E-state index is 12.6. The van der Waals surface area contributed by atoms with E-state index in [1.807, 2.05) is 25.7 Å². The van der Waals surface area contributed by atoms with Crippen molar-refractivity contribution in [1.29, 1.82) is 0 Å². The predicted molar refractivity (Wildman–Crippen MR) is 103 cm³/mol. The number of ether oxygens (including phenoxy) is 1. The van der Waals surface area contributed by atoms with Gasteiger partial charge in [0.1, 0.15) is 5.60 Å². The van der Waals surface area contributed by atoms with Gasteiger partial charge in [-0.05, 0) is 74.3 Å². The molecule has 0 aliphatic carbocycles. The summed E-state index contributed by atoms with van der Waals surface area (Å²) in [7, 11) is 2.29. The Kier molecular flexibility index (Phi) is 6.42. The summed E-state index contributed by atoms with van der Waals surface area (Å²) in [6.45, 7) is 13.5. The van der Waals surface area contributed by atoms with Crippen molar-refractivity contribution in [3.05, 3.63) is 0 Å². The number of fused-ring (bicyclic) bond motifs is 2. The Morgan fingerprint density at radius 1 is 1.12 bits per heavy atom. The van der Waals surface area contributed by atoms with Gasteiger partial charge >= 0.3 is 6.09 Å². The summed E-state index contributed by atoms with van der Waals surface area (Å²) in [4.78, 5) is 17.0. The standard InChI is InChI=1S/C20H39N3O2/c1-19(2,3)23(18(24)25-20(4,5)6)12-11-21-15-13-16-9-8-10-17(14-15)22(16)7/h15-17,21H,8-14H2,1-7H3. The number of piperidine rings is 2. The Labute approximate surface area is 154 Å². The zero-order valence-corrected chi connectivity index (χ0v) is 17.4. The number of rotatable bonds is 4. The highest BCUT2D eigenvalue weighted by Gasteiger charge is 2.36. The normalized spacial score (nSPS) is 27.9. The molecule has 2 aliphatic rings. The maximum Gasteiger partial charge on any atom is 0.410 e. The minimum absolute atomic E-state index is 0.220. The molecule has 5 heteroatoms. The molecule has 2 atom stereocenters. The first kappa shape index (κ1) is 20.5. The van der Waals surface area contributed by atoms with Gasteiger partial charge in [-0.15, -0.1) is 0 Å². The number of hydrogen-bond donors (Lipinski definition) is 1. The van der Waals surface area contributed by atoms with Crippen LogP contribution in [0.1, 0.15) is 73.6 Å². The third-order valence-electron chi connectivity index (χ3n) is 5.53. The molecule has 1 amide bonds. The molecule has 0 radical (unpaired) electrons. The van der Waals surface area contributed by atoms with E-state index in [-0.39, 0.29) is 11.6 Å². The van der Waals surface area contributed by atoms with Crippen LogP contribution in [-0.2, 0) is 4.74 Å². The van der Waals surface area contributed by atoms with Gasteiger partial charge in [0, 0.05) is 36.8 Å². The number of nitrogens with one attached hydrogen (secondary N) is 1. The highest BCUT2D eigenvalue weighted by Crippen LogP contribution is 2.32. The summed E-state index contributed by atoms with van der Waals surface area (Å²) >= 11 is 0. The third-order valence-corrected chi connectivity index (χ3v) is 5.53. The van der Waals surface area contributed by atoms with E-state index in [2.05, 4.69) is 38.0 Å². The lowest BCUT2D eigenvalue weighted by Gasteiger charge is -2.47. The molecule has 0 aromatic heterocycles.